The molecule has 1 aliphatic carbocycles. The number of nitrogens with one attached hydrogen (secondary N) is 2. The van der Waals surface area contributed by atoms with Crippen molar-refractivity contribution in [2.75, 3.05) is 0 Å². The monoisotopic (exact) mass is 296 g/mol. The Hall–Kier alpha value is -0.840. The summed E-state index contributed by atoms with van der Waals surface area (Å²) < 4.78 is 1.56. The second kappa shape index (κ2) is 5.03. The lowest BCUT2D eigenvalue weighted by Crippen LogP contribution is -2.02. The van der Waals surface area contributed by atoms with Gasteiger partial charge >= 0.3 is 0 Å². The molecule has 1 aliphatic rings. The predicted molar refractivity (Wildman–Crippen MR) is 79.7 cm³/mol. The third-order valence-electron chi connectivity index (χ3n) is 3.29. The highest BCUT2D eigenvalue weighted by molar-refractivity contribution is 7.71. The van der Waals surface area contributed by atoms with Gasteiger partial charge < -0.3 is 9.97 Å². The zero-order chi connectivity index (χ0) is 12.5. The predicted octanol–water partition coefficient (Wildman–Crippen LogP) is 4.82. The molecule has 0 saturated heterocycles. The Morgan fingerprint density at radius 2 is 2.33 bits per heavy atom. The van der Waals surface area contributed by atoms with E-state index in [1.807, 2.05) is 12.3 Å². The first kappa shape index (κ1) is 12.2. The normalized spacial score (nSPS) is 19.2. The molecule has 0 aliphatic heterocycles. The largest absolute Gasteiger partial charge is 0.337 e. The third kappa shape index (κ3) is 2.46. The topological polar surface area (TPSA) is 31.6 Å². The van der Waals surface area contributed by atoms with E-state index in [-0.39, 0.29) is 0 Å². The summed E-state index contributed by atoms with van der Waals surface area (Å²) >= 11 is 12.7. The summed E-state index contributed by atoms with van der Waals surface area (Å²) in [6.45, 7) is 0. The molecule has 2 nitrogen and oxygen atoms in total. The van der Waals surface area contributed by atoms with Gasteiger partial charge in [-0.3, -0.25) is 0 Å². The van der Waals surface area contributed by atoms with Crippen LogP contribution in [0.25, 0.3) is 5.57 Å². The van der Waals surface area contributed by atoms with Crippen LogP contribution < -0.4 is 0 Å². The van der Waals surface area contributed by atoms with Gasteiger partial charge in [-0.05, 0) is 55.1 Å². The van der Waals surface area contributed by atoms with Crippen LogP contribution in [0.5, 0.6) is 0 Å². The fourth-order valence-corrected chi connectivity index (χ4v) is 3.84. The molecule has 0 saturated carbocycles. The van der Waals surface area contributed by atoms with Crippen LogP contribution in [0.2, 0.25) is 4.34 Å². The third-order valence-corrected chi connectivity index (χ3v) is 4.79. The molecule has 3 rings (SSSR count). The van der Waals surface area contributed by atoms with Crippen molar-refractivity contribution in [2.24, 2.45) is 5.92 Å². The number of hydrogen-bond donors (Lipinski definition) is 2. The summed E-state index contributed by atoms with van der Waals surface area (Å²) in [5.41, 5.74) is 2.62. The molecule has 0 amide bonds. The number of halogens is 1. The van der Waals surface area contributed by atoms with Crippen molar-refractivity contribution in [1.82, 2.24) is 9.97 Å². The van der Waals surface area contributed by atoms with Crippen molar-refractivity contribution in [3.8, 4) is 0 Å². The quantitative estimate of drug-likeness (QED) is 0.782. The molecule has 2 aromatic heterocycles. The van der Waals surface area contributed by atoms with Gasteiger partial charge in [0.15, 0.2) is 4.77 Å². The van der Waals surface area contributed by atoms with E-state index in [0.717, 1.165) is 17.2 Å². The van der Waals surface area contributed by atoms with Gasteiger partial charge in [0.25, 0.3) is 0 Å². The van der Waals surface area contributed by atoms with Crippen LogP contribution in [0, 0.1) is 10.7 Å². The molecule has 0 bridgehead atoms. The van der Waals surface area contributed by atoms with E-state index in [4.69, 9.17) is 23.8 Å². The maximum atomic E-state index is 6.02. The zero-order valence-electron chi connectivity index (χ0n) is 9.70. The van der Waals surface area contributed by atoms with Crippen LogP contribution in [0.1, 0.15) is 23.4 Å². The van der Waals surface area contributed by atoms with Gasteiger partial charge in [-0.15, -0.1) is 11.3 Å². The number of aromatic amines is 2. The van der Waals surface area contributed by atoms with Gasteiger partial charge in [-0.2, -0.15) is 0 Å². The van der Waals surface area contributed by atoms with Gasteiger partial charge in [0, 0.05) is 16.8 Å². The molecular formula is C13H13ClN2S2. The molecule has 5 heteroatoms. The maximum absolute atomic E-state index is 6.02. The van der Waals surface area contributed by atoms with Crippen LogP contribution in [0.3, 0.4) is 0 Å². The van der Waals surface area contributed by atoms with Crippen molar-refractivity contribution in [2.45, 2.75) is 19.3 Å². The summed E-state index contributed by atoms with van der Waals surface area (Å²) in [5, 5.41) is 0. The lowest BCUT2D eigenvalue weighted by molar-refractivity contribution is 0.636. The molecule has 94 valence electrons. The van der Waals surface area contributed by atoms with Crippen molar-refractivity contribution in [3.05, 3.63) is 44.1 Å². The van der Waals surface area contributed by atoms with Crippen LogP contribution in [-0.4, -0.2) is 9.97 Å². The average molecular weight is 297 g/mol. The number of H-pyrrole nitrogens is 2. The van der Waals surface area contributed by atoms with Gasteiger partial charge in [0.05, 0.1) is 4.34 Å². The minimum absolute atomic E-state index is 0.571. The highest BCUT2D eigenvalue weighted by Gasteiger charge is 2.22. The summed E-state index contributed by atoms with van der Waals surface area (Å²) in [4.78, 5) is 7.51. The van der Waals surface area contributed by atoms with Crippen LogP contribution >= 0.6 is 35.2 Å². The molecule has 2 N–H and O–H groups in total. The molecule has 0 spiro atoms. The van der Waals surface area contributed by atoms with Gasteiger partial charge in [-0.25, -0.2) is 0 Å². The summed E-state index contributed by atoms with van der Waals surface area (Å²) in [5.74, 6) is 0.571. The Balaban J connectivity index is 1.81. The van der Waals surface area contributed by atoms with E-state index in [0.29, 0.717) is 10.7 Å². The molecule has 1 unspecified atom stereocenters. The van der Waals surface area contributed by atoms with Gasteiger partial charge in [0.1, 0.15) is 0 Å². The first-order valence-corrected chi connectivity index (χ1v) is 7.55. The van der Waals surface area contributed by atoms with E-state index >= 15 is 0 Å². The van der Waals surface area contributed by atoms with Crippen LogP contribution in [0.4, 0.5) is 0 Å². The summed E-state index contributed by atoms with van der Waals surface area (Å²) in [6.07, 6.45) is 7.68. The Morgan fingerprint density at radius 3 is 3.00 bits per heavy atom. The Kier molecular flexibility index (Phi) is 3.41. The number of imidazole rings is 1. The number of hydrogen-bond acceptors (Lipinski definition) is 2. The Labute approximate surface area is 120 Å². The minimum Gasteiger partial charge on any atom is -0.337 e. The first-order valence-electron chi connectivity index (χ1n) is 5.95. The lowest BCUT2D eigenvalue weighted by Gasteiger charge is -2.12. The second-order valence-corrected chi connectivity index (χ2v) is 6.63. The number of thiophene rings is 1. The van der Waals surface area contributed by atoms with Crippen LogP contribution in [0.15, 0.2) is 24.4 Å². The fraction of sp³-hybridized carbons (Fsp3) is 0.308. The fourth-order valence-electron chi connectivity index (χ4n) is 2.49. The molecule has 18 heavy (non-hydrogen) atoms. The Bertz CT molecular complexity index is 635. The van der Waals surface area contributed by atoms with Crippen molar-refractivity contribution in [1.29, 1.82) is 0 Å². The number of rotatable bonds is 3. The average Bonchev–Trinajstić information content (AvgIpc) is 3.01. The lowest BCUT2D eigenvalue weighted by atomic mass is 9.95. The van der Waals surface area contributed by atoms with E-state index in [1.165, 1.54) is 22.6 Å². The molecule has 2 heterocycles. The van der Waals surface area contributed by atoms with Crippen molar-refractivity contribution < 1.29 is 0 Å². The van der Waals surface area contributed by atoms with Gasteiger partial charge in [-0.1, -0.05) is 17.7 Å². The van der Waals surface area contributed by atoms with E-state index in [9.17, 15) is 0 Å². The molecule has 0 fully saturated rings. The standard InChI is InChI=1S/C13H13ClN2S2/c14-12-5-4-11(18-12)10-3-1-2-8(10)6-9-7-15-13(17)16-9/h3-5,7-8H,1-2,6H2,(H2,15,16,17). The zero-order valence-corrected chi connectivity index (χ0v) is 12.1. The second-order valence-electron chi connectivity index (χ2n) is 4.51. The van der Waals surface area contributed by atoms with Gasteiger partial charge in [0.2, 0.25) is 0 Å². The summed E-state index contributed by atoms with van der Waals surface area (Å²) in [7, 11) is 0. The maximum Gasteiger partial charge on any atom is 0.174 e. The smallest absolute Gasteiger partial charge is 0.174 e. The molecule has 0 radical (unpaired) electrons. The number of allylic oxidation sites excluding steroid dienone is 2. The van der Waals surface area contributed by atoms with Crippen molar-refractivity contribution >= 4 is 40.7 Å². The molecule has 2 aromatic rings. The Morgan fingerprint density at radius 1 is 1.44 bits per heavy atom. The number of aromatic nitrogens is 2. The van der Waals surface area contributed by atoms with E-state index in [1.54, 1.807) is 11.3 Å². The molecule has 1 atom stereocenters. The van der Waals surface area contributed by atoms with E-state index < -0.39 is 0 Å². The van der Waals surface area contributed by atoms with E-state index in [2.05, 4.69) is 22.1 Å². The highest BCUT2D eigenvalue weighted by Crippen LogP contribution is 2.39. The SMILES string of the molecule is S=c1[nH]cc(CC2CCC=C2c2ccc(Cl)s2)[nH]1. The molecule has 0 aromatic carbocycles. The van der Waals surface area contributed by atoms with Crippen LogP contribution in [-0.2, 0) is 6.42 Å². The highest BCUT2D eigenvalue weighted by atomic mass is 35.5. The summed E-state index contributed by atoms with van der Waals surface area (Å²) in [6, 6.07) is 4.10. The first-order chi connectivity index (χ1) is 8.72. The minimum atomic E-state index is 0.571. The molecular weight excluding hydrogens is 284 g/mol. The van der Waals surface area contributed by atoms with Crippen molar-refractivity contribution in [3.63, 3.8) is 0 Å².